The van der Waals surface area contributed by atoms with Gasteiger partial charge in [0.25, 0.3) is 0 Å². The number of aryl methyl sites for hydroxylation is 1. The van der Waals surface area contributed by atoms with Crippen molar-refractivity contribution in [2.75, 3.05) is 6.54 Å². The minimum atomic E-state index is -5.08. The smallest absolute Gasteiger partial charge is 0.478 e. The quantitative estimate of drug-likeness (QED) is 0.180. The van der Waals surface area contributed by atoms with Crippen LogP contribution in [0.4, 0.5) is 13.2 Å². The number of aromatic carboxylic acids is 1. The molecule has 4 heterocycles. The number of rotatable bonds is 7. The molecule has 0 radical (unpaired) electrons. The Kier molecular flexibility index (Phi) is 9.68. The number of halogens is 3. The number of amides is 1. The van der Waals surface area contributed by atoms with E-state index in [2.05, 4.69) is 5.16 Å². The van der Waals surface area contributed by atoms with Crippen molar-refractivity contribution in [1.82, 2.24) is 15.0 Å². The molecule has 2 N–H and O–H groups in total. The van der Waals surface area contributed by atoms with Crippen molar-refractivity contribution in [3.05, 3.63) is 92.6 Å². The second-order valence-corrected chi connectivity index (χ2v) is 12.2. The van der Waals surface area contributed by atoms with Gasteiger partial charge < -0.3 is 19.6 Å². The first-order chi connectivity index (χ1) is 21.9. The first kappa shape index (κ1) is 32.6. The highest BCUT2D eigenvalue weighted by atomic mass is 32.1. The van der Waals surface area contributed by atoms with Crippen LogP contribution in [-0.4, -0.2) is 55.8 Å². The van der Waals surface area contributed by atoms with Gasteiger partial charge in [-0.2, -0.15) is 13.2 Å². The third kappa shape index (κ3) is 7.35. The number of aromatic nitrogens is 2. The Morgan fingerprint density at radius 1 is 1.00 bits per heavy atom. The minimum absolute atomic E-state index is 0.0167. The zero-order valence-electron chi connectivity index (χ0n) is 24.2. The van der Waals surface area contributed by atoms with Gasteiger partial charge in [-0.25, -0.2) is 14.6 Å². The van der Waals surface area contributed by atoms with Crippen molar-refractivity contribution in [3.8, 4) is 33.6 Å². The van der Waals surface area contributed by atoms with Crippen molar-refractivity contribution < 1.29 is 42.3 Å². The third-order valence-corrected chi connectivity index (χ3v) is 9.07. The van der Waals surface area contributed by atoms with E-state index in [-0.39, 0.29) is 17.5 Å². The van der Waals surface area contributed by atoms with Crippen molar-refractivity contribution in [3.63, 3.8) is 0 Å². The average molecular weight is 670 g/mol. The Morgan fingerprint density at radius 2 is 1.72 bits per heavy atom. The molecule has 1 saturated heterocycles. The van der Waals surface area contributed by atoms with Crippen molar-refractivity contribution in [2.45, 2.75) is 38.4 Å². The summed E-state index contributed by atoms with van der Waals surface area (Å²) in [6.07, 6.45) is -2.79. The Morgan fingerprint density at radius 3 is 2.37 bits per heavy atom. The molecular formula is C32H26F3N3O6S2. The number of carbonyl (C=O) groups excluding carboxylic acids is 1. The van der Waals surface area contributed by atoms with Crippen LogP contribution in [0.1, 0.15) is 44.9 Å². The summed E-state index contributed by atoms with van der Waals surface area (Å²) >= 11 is 3.18. The highest BCUT2D eigenvalue weighted by Crippen LogP contribution is 2.40. The van der Waals surface area contributed by atoms with Gasteiger partial charge in [0, 0.05) is 22.4 Å². The number of hydrogen-bond acceptors (Lipinski definition) is 8. The molecule has 1 aliphatic heterocycles. The number of thiazole rings is 1. The minimum Gasteiger partial charge on any atom is -0.478 e. The second-order valence-electron chi connectivity index (χ2n) is 10.3. The molecule has 0 bridgehead atoms. The van der Waals surface area contributed by atoms with Crippen LogP contribution in [-0.2, 0) is 16.0 Å². The molecule has 3 aromatic heterocycles. The maximum absolute atomic E-state index is 13.1. The average Bonchev–Trinajstić information content (AvgIpc) is 3.84. The van der Waals surface area contributed by atoms with Gasteiger partial charge >= 0.3 is 18.1 Å². The third-order valence-electron chi connectivity index (χ3n) is 7.25. The molecular weight excluding hydrogens is 643 g/mol. The van der Waals surface area contributed by atoms with Crippen LogP contribution in [0.15, 0.2) is 75.9 Å². The summed E-state index contributed by atoms with van der Waals surface area (Å²) in [5.74, 6) is -2.89. The fourth-order valence-electron chi connectivity index (χ4n) is 5.06. The highest BCUT2D eigenvalue weighted by Gasteiger charge is 2.38. The van der Waals surface area contributed by atoms with Crippen LogP contribution < -0.4 is 0 Å². The van der Waals surface area contributed by atoms with Gasteiger partial charge in [0.15, 0.2) is 0 Å². The first-order valence-corrected chi connectivity index (χ1v) is 15.7. The Labute approximate surface area is 268 Å². The maximum Gasteiger partial charge on any atom is 0.490 e. The molecule has 1 amide bonds. The number of hydrogen-bond donors (Lipinski definition) is 2. The predicted molar refractivity (Wildman–Crippen MR) is 166 cm³/mol. The van der Waals surface area contributed by atoms with E-state index in [0.29, 0.717) is 17.9 Å². The molecule has 9 nitrogen and oxygen atoms in total. The predicted octanol–water partition coefficient (Wildman–Crippen LogP) is 7.74. The van der Waals surface area contributed by atoms with Gasteiger partial charge in [-0.1, -0.05) is 41.6 Å². The van der Waals surface area contributed by atoms with Gasteiger partial charge in [-0.05, 0) is 60.5 Å². The molecule has 1 atom stereocenters. The van der Waals surface area contributed by atoms with Gasteiger partial charge in [0.2, 0.25) is 5.91 Å². The van der Waals surface area contributed by atoms with Crippen LogP contribution in [0, 0.1) is 6.92 Å². The Hall–Kier alpha value is -4.82. The zero-order chi connectivity index (χ0) is 33.0. The molecule has 14 heteroatoms. The number of alkyl halides is 3. The number of benzene rings is 2. The molecule has 6 rings (SSSR count). The molecule has 46 heavy (non-hydrogen) atoms. The summed E-state index contributed by atoms with van der Waals surface area (Å²) in [5, 5.41) is 25.7. The van der Waals surface area contributed by atoms with Crippen molar-refractivity contribution in [1.29, 1.82) is 0 Å². The van der Waals surface area contributed by atoms with Crippen LogP contribution in [0.3, 0.4) is 0 Å². The van der Waals surface area contributed by atoms with E-state index in [9.17, 15) is 27.9 Å². The molecule has 1 unspecified atom stereocenters. The standard InChI is InChI=1S/C30H25N3O4S2.C2HF3O2/c1-18-27(24-17-39-29(31-24)25-8-3-13-33(25)26(34)16-23-7-4-14-38-23)28(32-37-18)22-6-2-5-21(15-22)19-9-11-20(12-10-19)30(35)36;3-2(4,5)1(6)7/h2,4-7,9-12,14-15,17,25H,3,8,13,16H2,1H3,(H,35,36);(H,6,7). The summed E-state index contributed by atoms with van der Waals surface area (Å²) in [4.78, 5) is 41.2. The van der Waals surface area contributed by atoms with Gasteiger partial charge in [-0.3, -0.25) is 4.79 Å². The summed E-state index contributed by atoms with van der Waals surface area (Å²) < 4.78 is 37.4. The van der Waals surface area contributed by atoms with Crippen LogP contribution in [0.2, 0.25) is 0 Å². The summed E-state index contributed by atoms with van der Waals surface area (Å²) in [7, 11) is 0. The number of carboxylic acid groups (broad SMARTS) is 2. The second kappa shape index (κ2) is 13.7. The SMILES string of the molecule is Cc1onc(-c2cccc(-c3ccc(C(=O)O)cc3)c2)c1-c1csc(C2CCCN2C(=O)Cc2cccs2)n1.O=C(O)C(F)(F)F. The van der Waals surface area contributed by atoms with Crippen molar-refractivity contribution in [2.24, 2.45) is 0 Å². The summed E-state index contributed by atoms with van der Waals surface area (Å²) in [6, 6.07) is 18.7. The maximum atomic E-state index is 13.1. The molecule has 1 aliphatic rings. The lowest BCUT2D eigenvalue weighted by Gasteiger charge is -2.23. The zero-order valence-corrected chi connectivity index (χ0v) is 25.8. The molecule has 238 valence electrons. The fraction of sp³-hybridized carbons (Fsp3) is 0.219. The van der Waals surface area contributed by atoms with Crippen LogP contribution in [0.25, 0.3) is 33.6 Å². The van der Waals surface area contributed by atoms with Crippen LogP contribution in [0.5, 0.6) is 0 Å². The molecule has 0 aliphatic carbocycles. The van der Waals surface area contributed by atoms with E-state index in [1.54, 1.807) is 46.9 Å². The normalized spacial score (nSPS) is 14.5. The lowest BCUT2D eigenvalue weighted by Crippen LogP contribution is -2.31. The number of carboxylic acids is 2. The largest absolute Gasteiger partial charge is 0.490 e. The number of aliphatic carboxylic acids is 1. The van der Waals surface area contributed by atoms with Gasteiger partial charge in [-0.15, -0.1) is 22.7 Å². The van der Waals surface area contributed by atoms with Crippen molar-refractivity contribution >= 4 is 40.5 Å². The van der Waals surface area contributed by atoms with E-state index < -0.39 is 18.1 Å². The molecule has 1 fully saturated rings. The summed E-state index contributed by atoms with van der Waals surface area (Å²) in [6.45, 7) is 2.63. The van der Waals surface area contributed by atoms with E-state index in [0.717, 1.165) is 57.2 Å². The van der Waals surface area contributed by atoms with Gasteiger partial charge in [0.1, 0.15) is 16.5 Å². The number of nitrogens with zero attached hydrogens (tertiary/aromatic N) is 3. The first-order valence-electron chi connectivity index (χ1n) is 13.9. The van der Waals surface area contributed by atoms with E-state index in [4.69, 9.17) is 19.4 Å². The molecule has 2 aromatic carbocycles. The number of carbonyl (C=O) groups is 3. The molecule has 0 saturated carbocycles. The fourth-order valence-corrected chi connectivity index (χ4v) is 6.72. The van der Waals surface area contributed by atoms with Gasteiger partial charge in [0.05, 0.1) is 29.3 Å². The lowest BCUT2D eigenvalue weighted by atomic mass is 9.98. The molecule has 5 aromatic rings. The summed E-state index contributed by atoms with van der Waals surface area (Å²) in [5.41, 5.74) is 5.31. The Bertz CT molecular complexity index is 1850. The van der Waals surface area contributed by atoms with E-state index in [1.807, 2.05) is 59.0 Å². The monoisotopic (exact) mass is 669 g/mol. The number of thiophene rings is 1. The topological polar surface area (TPSA) is 134 Å². The van der Waals surface area contributed by atoms with Crippen LogP contribution >= 0.6 is 22.7 Å². The highest BCUT2D eigenvalue weighted by molar-refractivity contribution is 7.10. The Balaban J connectivity index is 0.000000537. The van der Waals surface area contributed by atoms with E-state index in [1.165, 1.54) is 0 Å². The number of likely N-dealkylation sites (tertiary alicyclic amines) is 1. The lowest BCUT2D eigenvalue weighted by molar-refractivity contribution is -0.192. The van der Waals surface area contributed by atoms with E-state index >= 15 is 0 Å². The molecule has 0 spiro atoms.